The fraction of sp³-hybridized carbons (Fsp3) is 0.812. The van der Waals surface area contributed by atoms with Crippen LogP contribution in [0.25, 0.3) is 0 Å². The normalized spacial score (nSPS) is 28.5. The van der Waals surface area contributed by atoms with Gasteiger partial charge in [-0.1, -0.05) is 32.9 Å². The van der Waals surface area contributed by atoms with Gasteiger partial charge in [-0.3, -0.25) is 4.79 Å². The molecule has 18 heavy (non-hydrogen) atoms. The van der Waals surface area contributed by atoms with Crippen LogP contribution in [-0.2, 0) is 4.79 Å². The average Bonchev–Trinajstić information content (AvgIpc) is 2.26. The molecule has 0 aromatic rings. The third kappa shape index (κ3) is 3.86. The summed E-state index contributed by atoms with van der Waals surface area (Å²) in [6.07, 6.45) is 4.25. The SMILES string of the molecule is C=C(C)C1CCC(C)(C)CC1C(=O)NC(C)CC. The molecule has 3 unspecified atom stereocenters. The van der Waals surface area contributed by atoms with Crippen LogP contribution in [0, 0.1) is 17.3 Å². The Kier molecular flexibility index (Phi) is 5.01. The molecule has 0 heterocycles. The van der Waals surface area contributed by atoms with Gasteiger partial charge in [0, 0.05) is 12.0 Å². The lowest BCUT2D eigenvalue weighted by Crippen LogP contribution is -2.44. The van der Waals surface area contributed by atoms with Crippen LogP contribution in [0.5, 0.6) is 0 Å². The molecular formula is C16H29NO. The van der Waals surface area contributed by atoms with E-state index >= 15 is 0 Å². The largest absolute Gasteiger partial charge is 0.353 e. The Hall–Kier alpha value is -0.790. The zero-order valence-electron chi connectivity index (χ0n) is 12.7. The second-order valence-corrected chi connectivity index (χ2v) is 6.78. The summed E-state index contributed by atoms with van der Waals surface area (Å²) in [4.78, 5) is 12.4. The maximum absolute atomic E-state index is 12.4. The van der Waals surface area contributed by atoms with Crippen molar-refractivity contribution >= 4 is 5.91 Å². The maximum Gasteiger partial charge on any atom is 0.223 e. The van der Waals surface area contributed by atoms with E-state index in [2.05, 4.69) is 46.5 Å². The minimum atomic E-state index is 0.111. The minimum absolute atomic E-state index is 0.111. The van der Waals surface area contributed by atoms with E-state index in [1.807, 2.05) is 0 Å². The molecule has 0 aliphatic heterocycles. The van der Waals surface area contributed by atoms with Crippen molar-refractivity contribution < 1.29 is 4.79 Å². The van der Waals surface area contributed by atoms with Crippen molar-refractivity contribution in [2.75, 3.05) is 0 Å². The lowest BCUT2D eigenvalue weighted by Gasteiger charge is -2.40. The Morgan fingerprint density at radius 3 is 2.56 bits per heavy atom. The monoisotopic (exact) mass is 251 g/mol. The van der Waals surface area contributed by atoms with E-state index in [1.54, 1.807) is 0 Å². The van der Waals surface area contributed by atoms with Gasteiger partial charge in [-0.15, -0.1) is 0 Å². The molecule has 1 amide bonds. The van der Waals surface area contributed by atoms with Gasteiger partial charge in [-0.25, -0.2) is 0 Å². The Balaban J connectivity index is 2.78. The van der Waals surface area contributed by atoms with E-state index in [1.165, 1.54) is 6.42 Å². The molecule has 0 bridgehead atoms. The molecule has 2 heteroatoms. The van der Waals surface area contributed by atoms with Crippen LogP contribution in [0.2, 0.25) is 0 Å². The van der Waals surface area contributed by atoms with Crippen LogP contribution in [0.15, 0.2) is 12.2 Å². The molecule has 0 spiro atoms. The Morgan fingerprint density at radius 1 is 1.44 bits per heavy atom. The second kappa shape index (κ2) is 5.90. The average molecular weight is 251 g/mol. The molecule has 1 fully saturated rings. The van der Waals surface area contributed by atoms with E-state index < -0.39 is 0 Å². The highest BCUT2D eigenvalue weighted by atomic mass is 16.1. The quantitative estimate of drug-likeness (QED) is 0.754. The number of carbonyl (C=O) groups is 1. The van der Waals surface area contributed by atoms with Crippen molar-refractivity contribution in [3.8, 4) is 0 Å². The molecule has 1 rings (SSSR count). The highest BCUT2D eigenvalue weighted by Crippen LogP contribution is 2.44. The molecule has 2 nitrogen and oxygen atoms in total. The minimum Gasteiger partial charge on any atom is -0.353 e. The van der Waals surface area contributed by atoms with Gasteiger partial charge < -0.3 is 5.32 Å². The number of hydrogen-bond donors (Lipinski definition) is 1. The summed E-state index contributed by atoms with van der Waals surface area (Å²) < 4.78 is 0. The molecule has 1 aliphatic carbocycles. The summed E-state index contributed by atoms with van der Waals surface area (Å²) in [5, 5.41) is 3.14. The molecule has 1 saturated carbocycles. The van der Waals surface area contributed by atoms with Crippen LogP contribution < -0.4 is 5.32 Å². The number of rotatable bonds is 4. The molecule has 1 aliphatic rings. The zero-order valence-corrected chi connectivity index (χ0v) is 12.7. The van der Waals surface area contributed by atoms with E-state index in [4.69, 9.17) is 0 Å². The summed E-state index contributed by atoms with van der Waals surface area (Å²) in [6, 6.07) is 0.272. The number of allylic oxidation sites excluding steroid dienone is 1. The fourth-order valence-corrected chi connectivity index (χ4v) is 2.90. The van der Waals surface area contributed by atoms with Gasteiger partial charge >= 0.3 is 0 Å². The first-order valence-corrected chi connectivity index (χ1v) is 7.22. The van der Waals surface area contributed by atoms with Crippen LogP contribution in [0.4, 0.5) is 0 Å². The van der Waals surface area contributed by atoms with Crippen LogP contribution in [0.3, 0.4) is 0 Å². The number of carbonyl (C=O) groups excluding carboxylic acids is 1. The summed E-state index contributed by atoms with van der Waals surface area (Å²) >= 11 is 0. The molecule has 0 aromatic carbocycles. The van der Waals surface area contributed by atoms with E-state index in [0.717, 1.165) is 24.8 Å². The lowest BCUT2D eigenvalue weighted by atomic mass is 9.65. The smallest absolute Gasteiger partial charge is 0.223 e. The van der Waals surface area contributed by atoms with Crippen molar-refractivity contribution in [1.82, 2.24) is 5.32 Å². The van der Waals surface area contributed by atoms with Gasteiger partial charge in [-0.2, -0.15) is 0 Å². The summed E-state index contributed by atoms with van der Waals surface area (Å²) in [7, 11) is 0. The molecule has 0 radical (unpaired) electrons. The van der Waals surface area contributed by atoms with Crippen molar-refractivity contribution in [3.05, 3.63) is 12.2 Å². The van der Waals surface area contributed by atoms with Gasteiger partial charge in [0.25, 0.3) is 0 Å². The van der Waals surface area contributed by atoms with Crippen molar-refractivity contribution in [2.45, 2.75) is 66.3 Å². The number of amides is 1. The summed E-state index contributed by atoms with van der Waals surface area (Å²) in [5.41, 5.74) is 1.44. The first-order chi connectivity index (χ1) is 8.26. The third-order valence-electron chi connectivity index (χ3n) is 4.36. The molecule has 1 N–H and O–H groups in total. The van der Waals surface area contributed by atoms with Gasteiger partial charge in [0.2, 0.25) is 5.91 Å². The van der Waals surface area contributed by atoms with Crippen molar-refractivity contribution in [3.63, 3.8) is 0 Å². The standard InChI is InChI=1S/C16H29NO/c1-7-12(4)17-15(18)14-10-16(5,6)9-8-13(14)11(2)3/h12-14H,2,7-10H2,1,3-6H3,(H,17,18). The molecular weight excluding hydrogens is 222 g/mol. The van der Waals surface area contributed by atoms with Crippen molar-refractivity contribution in [1.29, 1.82) is 0 Å². The fourth-order valence-electron chi connectivity index (χ4n) is 2.90. The summed E-state index contributed by atoms with van der Waals surface area (Å²) in [5.74, 6) is 0.701. The van der Waals surface area contributed by atoms with Crippen molar-refractivity contribution in [2.24, 2.45) is 17.3 Å². The highest BCUT2D eigenvalue weighted by molar-refractivity contribution is 5.79. The van der Waals surface area contributed by atoms with Crippen LogP contribution in [0.1, 0.15) is 60.3 Å². The van der Waals surface area contributed by atoms with E-state index in [0.29, 0.717) is 5.92 Å². The first-order valence-electron chi connectivity index (χ1n) is 7.22. The zero-order chi connectivity index (χ0) is 13.9. The van der Waals surface area contributed by atoms with Gasteiger partial charge in [0.1, 0.15) is 0 Å². The lowest BCUT2D eigenvalue weighted by molar-refractivity contribution is -0.129. The molecule has 0 saturated heterocycles. The Bertz CT molecular complexity index is 319. The Morgan fingerprint density at radius 2 is 2.06 bits per heavy atom. The van der Waals surface area contributed by atoms with Crippen LogP contribution >= 0.6 is 0 Å². The number of nitrogens with one attached hydrogen (secondary N) is 1. The van der Waals surface area contributed by atoms with E-state index in [-0.39, 0.29) is 23.3 Å². The second-order valence-electron chi connectivity index (χ2n) is 6.78. The molecule has 0 aromatic heterocycles. The third-order valence-corrected chi connectivity index (χ3v) is 4.36. The topological polar surface area (TPSA) is 29.1 Å². The van der Waals surface area contributed by atoms with Gasteiger partial charge in [-0.05, 0) is 50.9 Å². The molecule has 104 valence electrons. The van der Waals surface area contributed by atoms with Crippen LogP contribution in [-0.4, -0.2) is 11.9 Å². The maximum atomic E-state index is 12.4. The first kappa shape index (κ1) is 15.3. The van der Waals surface area contributed by atoms with Gasteiger partial charge in [0.15, 0.2) is 0 Å². The predicted octanol–water partition coefficient (Wildman–Crippen LogP) is 3.92. The number of hydrogen-bond acceptors (Lipinski definition) is 1. The van der Waals surface area contributed by atoms with Gasteiger partial charge in [0.05, 0.1) is 0 Å². The molecule has 3 atom stereocenters. The Labute approximate surface area is 112 Å². The summed E-state index contributed by atoms with van der Waals surface area (Å²) in [6.45, 7) is 14.9. The predicted molar refractivity (Wildman–Crippen MR) is 77.3 cm³/mol. The highest BCUT2D eigenvalue weighted by Gasteiger charge is 2.39. The van der Waals surface area contributed by atoms with E-state index in [9.17, 15) is 4.79 Å².